The van der Waals surface area contributed by atoms with Gasteiger partial charge in [0.15, 0.2) is 6.61 Å². The fourth-order valence-electron chi connectivity index (χ4n) is 3.35. The first-order chi connectivity index (χ1) is 12.5. The van der Waals surface area contributed by atoms with Crippen molar-refractivity contribution in [2.75, 3.05) is 19.7 Å². The lowest BCUT2D eigenvalue weighted by Gasteiger charge is -2.30. The van der Waals surface area contributed by atoms with E-state index in [4.69, 9.17) is 10.5 Å². The quantitative estimate of drug-likeness (QED) is 0.743. The summed E-state index contributed by atoms with van der Waals surface area (Å²) in [5.74, 6) is 0.262. The van der Waals surface area contributed by atoms with Gasteiger partial charge in [0.1, 0.15) is 5.75 Å². The van der Waals surface area contributed by atoms with Gasteiger partial charge in [-0.1, -0.05) is 0 Å². The van der Waals surface area contributed by atoms with Crippen LogP contribution in [0.25, 0.3) is 20.3 Å². The molecule has 26 heavy (non-hydrogen) atoms. The van der Waals surface area contributed by atoms with Crippen LogP contribution in [0.1, 0.15) is 17.8 Å². The summed E-state index contributed by atoms with van der Waals surface area (Å²) in [5, 5.41) is 4.02. The van der Waals surface area contributed by atoms with E-state index in [-0.39, 0.29) is 24.3 Å². The molecular weight excluding hydrogens is 370 g/mol. The highest BCUT2D eigenvalue weighted by molar-refractivity contribution is 7.21. The third kappa shape index (κ3) is 3.14. The molecule has 8 heteroatoms. The number of amides is 2. The van der Waals surface area contributed by atoms with E-state index in [2.05, 4.69) is 4.98 Å². The van der Waals surface area contributed by atoms with Crippen LogP contribution in [0.4, 0.5) is 0 Å². The van der Waals surface area contributed by atoms with Crippen molar-refractivity contribution in [3.05, 3.63) is 22.5 Å². The van der Waals surface area contributed by atoms with Gasteiger partial charge < -0.3 is 15.4 Å². The second-order valence-electron chi connectivity index (χ2n) is 6.46. The van der Waals surface area contributed by atoms with E-state index in [0.717, 1.165) is 31.1 Å². The molecule has 0 spiro atoms. The van der Waals surface area contributed by atoms with Crippen molar-refractivity contribution in [3.63, 3.8) is 0 Å². The zero-order valence-electron chi connectivity index (χ0n) is 14.4. The third-order valence-electron chi connectivity index (χ3n) is 4.77. The van der Waals surface area contributed by atoms with Crippen LogP contribution in [0.15, 0.2) is 17.5 Å². The van der Waals surface area contributed by atoms with Crippen LogP contribution < -0.4 is 10.5 Å². The van der Waals surface area contributed by atoms with Gasteiger partial charge in [-0.15, -0.1) is 22.7 Å². The number of benzene rings is 1. The number of likely N-dealkylation sites (tertiary alicyclic amines) is 1. The van der Waals surface area contributed by atoms with Gasteiger partial charge in [0.2, 0.25) is 5.91 Å². The number of thiophene rings is 1. The number of carbonyl (C=O) groups is 2. The summed E-state index contributed by atoms with van der Waals surface area (Å²) in [6, 6.07) is 3.98. The summed E-state index contributed by atoms with van der Waals surface area (Å²) in [4.78, 5) is 30.1. The maximum Gasteiger partial charge on any atom is 0.260 e. The van der Waals surface area contributed by atoms with Crippen molar-refractivity contribution in [3.8, 4) is 5.75 Å². The van der Waals surface area contributed by atoms with E-state index in [0.29, 0.717) is 25.9 Å². The number of nitrogens with two attached hydrogens (primary N) is 1. The predicted molar refractivity (Wildman–Crippen MR) is 104 cm³/mol. The summed E-state index contributed by atoms with van der Waals surface area (Å²) in [5.41, 5.74) is 6.35. The molecule has 0 saturated carbocycles. The molecule has 0 bridgehead atoms. The molecule has 2 amide bonds. The molecule has 136 valence electrons. The maximum atomic E-state index is 12.5. The Morgan fingerprint density at radius 1 is 1.38 bits per heavy atom. The Balaban J connectivity index is 1.48. The zero-order chi connectivity index (χ0) is 18.3. The van der Waals surface area contributed by atoms with Crippen LogP contribution in [0, 0.1) is 12.8 Å². The molecule has 1 aliphatic heterocycles. The molecule has 3 aromatic rings. The number of hydrogen-bond donors (Lipinski definition) is 1. The molecule has 0 atom stereocenters. The van der Waals surface area contributed by atoms with Gasteiger partial charge >= 0.3 is 0 Å². The Bertz CT molecular complexity index is 986. The topological polar surface area (TPSA) is 85.5 Å². The second kappa shape index (κ2) is 6.85. The molecule has 3 heterocycles. The lowest BCUT2D eigenvalue weighted by Crippen LogP contribution is -2.43. The molecule has 0 unspecified atom stereocenters. The molecule has 0 aliphatic carbocycles. The average molecular weight is 390 g/mol. The number of ether oxygens (including phenoxy) is 1. The SMILES string of the molecule is Cc1nc2c(cc(OCC(=O)N3CCC(C(N)=O)CC3)c3ccsc32)s1. The molecule has 1 aromatic carbocycles. The van der Waals surface area contributed by atoms with E-state index >= 15 is 0 Å². The van der Waals surface area contributed by atoms with Crippen LogP contribution in [-0.2, 0) is 9.59 Å². The van der Waals surface area contributed by atoms with Crippen molar-refractivity contribution >= 4 is 54.8 Å². The molecule has 6 nitrogen and oxygen atoms in total. The number of aromatic nitrogens is 1. The van der Waals surface area contributed by atoms with Gasteiger partial charge in [0.25, 0.3) is 5.91 Å². The van der Waals surface area contributed by atoms with Crippen molar-refractivity contribution in [2.24, 2.45) is 11.7 Å². The van der Waals surface area contributed by atoms with Gasteiger partial charge in [-0.25, -0.2) is 4.98 Å². The van der Waals surface area contributed by atoms with Gasteiger partial charge in [0.05, 0.1) is 19.9 Å². The van der Waals surface area contributed by atoms with E-state index in [1.54, 1.807) is 27.6 Å². The lowest BCUT2D eigenvalue weighted by atomic mass is 9.96. The number of rotatable bonds is 4. The Hall–Kier alpha value is -2.19. The molecular formula is C18H19N3O3S2. The number of aryl methyl sites for hydroxylation is 1. The smallest absolute Gasteiger partial charge is 0.260 e. The van der Waals surface area contributed by atoms with Gasteiger partial charge in [0, 0.05) is 30.5 Å². The Morgan fingerprint density at radius 3 is 2.88 bits per heavy atom. The standard InChI is InChI=1S/C18H19N3O3S2/c1-10-20-16-14(26-10)8-13(12-4-7-25-17(12)16)24-9-15(22)21-5-2-11(3-6-21)18(19)23/h4,7-8,11H,2-3,5-6,9H2,1H3,(H2,19,23). The first-order valence-electron chi connectivity index (χ1n) is 8.50. The monoisotopic (exact) mass is 389 g/mol. The van der Waals surface area contributed by atoms with E-state index < -0.39 is 0 Å². The van der Waals surface area contributed by atoms with Crippen molar-refractivity contribution in [1.29, 1.82) is 0 Å². The summed E-state index contributed by atoms with van der Waals surface area (Å²) in [6.45, 7) is 3.09. The van der Waals surface area contributed by atoms with Crippen molar-refractivity contribution in [2.45, 2.75) is 19.8 Å². The normalized spacial score (nSPS) is 15.7. The molecule has 1 aliphatic rings. The summed E-state index contributed by atoms with van der Waals surface area (Å²) in [7, 11) is 0. The van der Waals surface area contributed by atoms with Crippen LogP contribution >= 0.6 is 22.7 Å². The zero-order valence-corrected chi connectivity index (χ0v) is 16.0. The first-order valence-corrected chi connectivity index (χ1v) is 10.2. The number of fused-ring (bicyclic) bond motifs is 3. The van der Waals surface area contributed by atoms with Crippen LogP contribution in [0.3, 0.4) is 0 Å². The van der Waals surface area contributed by atoms with Crippen LogP contribution in [0.2, 0.25) is 0 Å². The summed E-state index contributed by atoms with van der Waals surface area (Å²) < 4.78 is 8.05. The molecule has 4 rings (SSSR count). The fraction of sp³-hybridized carbons (Fsp3) is 0.389. The highest BCUT2D eigenvalue weighted by atomic mass is 32.1. The van der Waals surface area contributed by atoms with Gasteiger partial charge in [-0.2, -0.15) is 0 Å². The maximum absolute atomic E-state index is 12.5. The Labute approximate surface area is 158 Å². The Morgan fingerprint density at radius 2 is 2.15 bits per heavy atom. The molecule has 1 saturated heterocycles. The van der Waals surface area contributed by atoms with Gasteiger partial charge in [-0.05, 0) is 31.2 Å². The Kier molecular flexibility index (Phi) is 4.54. The van der Waals surface area contributed by atoms with Crippen molar-refractivity contribution in [1.82, 2.24) is 9.88 Å². The molecule has 0 radical (unpaired) electrons. The first kappa shape index (κ1) is 17.2. The largest absolute Gasteiger partial charge is 0.483 e. The fourth-order valence-corrected chi connectivity index (χ4v) is 5.18. The second-order valence-corrected chi connectivity index (χ2v) is 8.61. The van der Waals surface area contributed by atoms with Crippen molar-refractivity contribution < 1.29 is 14.3 Å². The van der Waals surface area contributed by atoms with Crippen LogP contribution in [0.5, 0.6) is 5.75 Å². The van der Waals surface area contributed by atoms with E-state index in [1.807, 2.05) is 24.4 Å². The number of hydrogen-bond acceptors (Lipinski definition) is 6. The third-order valence-corrected chi connectivity index (χ3v) is 6.61. The minimum atomic E-state index is -0.277. The number of piperidine rings is 1. The highest BCUT2D eigenvalue weighted by Crippen LogP contribution is 2.38. The summed E-state index contributed by atoms with van der Waals surface area (Å²) >= 11 is 3.26. The van der Waals surface area contributed by atoms with Gasteiger partial charge in [-0.3, -0.25) is 9.59 Å². The predicted octanol–water partition coefficient (Wildman–Crippen LogP) is 2.92. The minimum Gasteiger partial charge on any atom is -0.483 e. The number of thiazole rings is 1. The highest BCUT2D eigenvalue weighted by Gasteiger charge is 2.26. The molecule has 1 fully saturated rings. The van der Waals surface area contributed by atoms with E-state index in [9.17, 15) is 9.59 Å². The number of primary amides is 1. The molecule has 2 aromatic heterocycles. The van der Waals surface area contributed by atoms with Crippen LogP contribution in [-0.4, -0.2) is 41.4 Å². The molecule has 2 N–H and O–H groups in total. The minimum absolute atomic E-state index is 0.00449. The lowest BCUT2D eigenvalue weighted by molar-refractivity contribution is -0.136. The summed E-state index contributed by atoms with van der Waals surface area (Å²) in [6.07, 6.45) is 1.25. The number of carbonyl (C=O) groups excluding carboxylic acids is 2. The number of nitrogens with zero attached hydrogens (tertiary/aromatic N) is 2. The van der Waals surface area contributed by atoms with E-state index in [1.165, 1.54) is 0 Å². The average Bonchev–Trinajstić information content (AvgIpc) is 3.25.